The maximum atomic E-state index is 12.5. The zero-order valence-corrected chi connectivity index (χ0v) is 16.5. The lowest BCUT2D eigenvalue weighted by atomic mass is 10.3. The third-order valence-electron chi connectivity index (χ3n) is 4.78. The van der Waals surface area contributed by atoms with Crippen molar-refractivity contribution >= 4 is 21.2 Å². The van der Waals surface area contributed by atoms with Crippen LogP contribution in [0.4, 0.5) is 11.4 Å². The van der Waals surface area contributed by atoms with Crippen LogP contribution >= 0.6 is 0 Å². The van der Waals surface area contributed by atoms with Crippen LogP contribution in [-0.4, -0.2) is 44.3 Å². The number of nitrogens with zero attached hydrogens (tertiary/aromatic N) is 3. The van der Waals surface area contributed by atoms with E-state index in [1.54, 1.807) is 33.0 Å². The van der Waals surface area contributed by atoms with Crippen molar-refractivity contribution in [2.45, 2.75) is 37.0 Å². The molecule has 0 amide bonds. The van der Waals surface area contributed by atoms with E-state index in [4.69, 9.17) is 0 Å². The molecule has 0 bridgehead atoms. The van der Waals surface area contributed by atoms with Crippen molar-refractivity contribution in [2.24, 2.45) is 0 Å². The molecule has 0 atom stereocenters. The number of benzene rings is 1. The average Bonchev–Trinajstić information content (AvgIpc) is 2.88. The van der Waals surface area contributed by atoms with Crippen LogP contribution in [0.25, 0.3) is 0 Å². The number of sulfone groups is 1. The Morgan fingerprint density at radius 1 is 0.846 bits per heavy atom. The van der Waals surface area contributed by atoms with Crippen molar-refractivity contribution in [3.05, 3.63) is 48.7 Å². The lowest BCUT2D eigenvalue weighted by molar-refractivity contribution is 0.556. The fourth-order valence-electron chi connectivity index (χ4n) is 3.10. The van der Waals surface area contributed by atoms with Crippen LogP contribution < -0.4 is 9.80 Å². The highest BCUT2D eigenvalue weighted by Gasteiger charge is 2.32. The van der Waals surface area contributed by atoms with Crippen molar-refractivity contribution < 1.29 is 8.42 Å². The molecule has 1 aromatic carbocycles. The summed E-state index contributed by atoms with van der Waals surface area (Å²) in [6.45, 7) is 8.88. The van der Waals surface area contributed by atoms with Crippen molar-refractivity contribution in [1.29, 1.82) is 0 Å². The molecule has 2 aromatic rings. The predicted octanol–water partition coefficient (Wildman–Crippen LogP) is 3.37. The molecule has 3 rings (SSSR count). The normalized spacial score (nSPS) is 16.4. The summed E-state index contributed by atoms with van der Waals surface area (Å²) < 4.78 is 24.2. The van der Waals surface area contributed by atoms with E-state index in [0.29, 0.717) is 0 Å². The molecule has 0 unspecified atom stereocenters. The van der Waals surface area contributed by atoms with Gasteiger partial charge in [-0.3, -0.25) is 0 Å². The molecule has 0 radical (unpaired) electrons. The van der Waals surface area contributed by atoms with Crippen LogP contribution in [0.5, 0.6) is 0 Å². The second-order valence-corrected chi connectivity index (χ2v) is 10.3. The van der Waals surface area contributed by atoms with Gasteiger partial charge in [-0.15, -0.1) is 0 Å². The van der Waals surface area contributed by atoms with Crippen LogP contribution in [0.1, 0.15) is 27.2 Å². The van der Waals surface area contributed by atoms with Gasteiger partial charge in [0.15, 0.2) is 14.9 Å². The minimum atomic E-state index is -3.41. The average molecular weight is 374 g/mol. The summed E-state index contributed by atoms with van der Waals surface area (Å²) in [5.41, 5.74) is 2.23. The van der Waals surface area contributed by atoms with E-state index in [1.165, 1.54) is 5.69 Å². The molecule has 2 heterocycles. The highest BCUT2D eigenvalue weighted by atomic mass is 32.2. The molecule has 1 aromatic heterocycles. The summed E-state index contributed by atoms with van der Waals surface area (Å²) in [6, 6.07) is 14.0. The van der Waals surface area contributed by atoms with Gasteiger partial charge >= 0.3 is 0 Å². The van der Waals surface area contributed by atoms with Gasteiger partial charge in [0.05, 0.1) is 16.6 Å². The number of anilines is 2. The van der Waals surface area contributed by atoms with Crippen molar-refractivity contribution in [3.63, 3.8) is 0 Å². The number of rotatable bonds is 3. The summed E-state index contributed by atoms with van der Waals surface area (Å²) in [6.07, 6.45) is 2.74. The van der Waals surface area contributed by atoms with Crippen LogP contribution in [0, 0.1) is 0 Å². The van der Waals surface area contributed by atoms with Gasteiger partial charge in [0.25, 0.3) is 0 Å². The Morgan fingerprint density at radius 2 is 1.46 bits per heavy atom. The van der Waals surface area contributed by atoms with Crippen LogP contribution in [0.2, 0.25) is 0 Å². The Kier molecular flexibility index (Phi) is 5.23. The first kappa shape index (κ1) is 18.7. The minimum absolute atomic E-state index is 0.148. The highest BCUT2D eigenvalue weighted by Crippen LogP contribution is 2.25. The Labute approximate surface area is 156 Å². The Hall–Kier alpha value is -2.08. The summed E-state index contributed by atoms with van der Waals surface area (Å²) in [7, 11) is -3.41. The first-order valence-electron chi connectivity index (χ1n) is 9.05. The zero-order valence-electron chi connectivity index (χ0n) is 15.7. The van der Waals surface area contributed by atoms with Gasteiger partial charge in [0.2, 0.25) is 0 Å². The lowest BCUT2D eigenvalue weighted by Gasteiger charge is -2.25. The van der Waals surface area contributed by atoms with E-state index in [2.05, 4.69) is 39.0 Å². The first-order chi connectivity index (χ1) is 12.3. The predicted molar refractivity (Wildman–Crippen MR) is 107 cm³/mol. The molecule has 1 aliphatic rings. The van der Waals surface area contributed by atoms with Crippen molar-refractivity contribution in [2.75, 3.05) is 36.0 Å². The molecule has 0 aliphatic carbocycles. The van der Waals surface area contributed by atoms with Crippen LogP contribution in [-0.2, 0) is 9.84 Å². The molecular weight excluding hydrogens is 346 g/mol. The van der Waals surface area contributed by atoms with Gasteiger partial charge in [-0.05, 0) is 51.5 Å². The molecule has 6 heteroatoms. The van der Waals surface area contributed by atoms with Crippen molar-refractivity contribution in [3.8, 4) is 0 Å². The standard InChI is InChI=1S/C20H27N3O2S/c1-20(2,3)26(24,25)19-11-10-18(16-21-19)23-13-7-12-22(14-15-23)17-8-5-4-6-9-17/h4-6,8-11,16H,7,12-15H2,1-3H3. The summed E-state index contributed by atoms with van der Waals surface area (Å²) >= 11 is 0. The smallest absolute Gasteiger partial charge is 0.200 e. The second kappa shape index (κ2) is 7.27. The zero-order chi connectivity index (χ0) is 18.8. The Bertz CT molecular complexity index is 828. The molecule has 0 N–H and O–H groups in total. The Morgan fingerprint density at radius 3 is 2.00 bits per heavy atom. The molecule has 5 nitrogen and oxygen atoms in total. The first-order valence-corrected chi connectivity index (χ1v) is 10.5. The Balaban J connectivity index is 1.72. The number of hydrogen-bond acceptors (Lipinski definition) is 5. The van der Waals surface area contributed by atoms with E-state index >= 15 is 0 Å². The van der Waals surface area contributed by atoms with Gasteiger partial charge in [0.1, 0.15) is 0 Å². The quantitative estimate of drug-likeness (QED) is 0.826. The number of aromatic nitrogens is 1. The van der Waals surface area contributed by atoms with Crippen molar-refractivity contribution in [1.82, 2.24) is 4.98 Å². The molecule has 1 fully saturated rings. The molecule has 1 saturated heterocycles. The highest BCUT2D eigenvalue weighted by molar-refractivity contribution is 7.92. The number of pyridine rings is 1. The fourth-order valence-corrected chi connectivity index (χ4v) is 4.17. The molecule has 0 spiro atoms. The molecule has 140 valence electrons. The third kappa shape index (κ3) is 3.85. The van der Waals surface area contributed by atoms with Gasteiger partial charge in [0, 0.05) is 31.9 Å². The SMILES string of the molecule is CC(C)(C)S(=O)(=O)c1ccc(N2CCCN(c3ccccc3)CC2)cn1. The summed E-state index contributed by atoms with van der Waals surface area (Å²) in [4.78, 5) is 8.93. The topological polar surface area (TPSA) is 53.5 Å². The van der Waals surface area contributed by atoms with E-state index in [0.717, 1.165) is 38.3 Å². The summed E-state index contributed by atoms with van der Waals surface area (Å²) in [5.74, 6) is 0. The van der Waals surface area contributed by atoms with E-state index in [-0.39, 0.29) is 5.03 Å². The van der Waals surface area contributed by atoms with E-state index < -0.39 is 14.6 Å². The fraction of sp³-hybridized carbons (Fsp3) is 0.450. The molecule has 1 aliphatic heterocycles. The molecule has 0 saturated carbocycles. The second-order valence-electron chi connectivity index (χ2n) is 7.63. The minimum Gasteiger partial charge on any atom is -0.370 e. The summed E-state index contributed by atoms with van der Waals surface area (Å²) in [5, 5.41) is 0.148. The molecule has 26 heavy (non-hydrogen) atoms. The lowest BCUT2D eigenvalue weighted by Crippen LogP contribution is -2.31. The van der Waals surface area contributed by atoms with Gasteiger partial charge < -0.3 is 9.80 Å². The van der Waals surface area contributed by atoms with Crippen LogP contribution in [0.15, 0.2) is 53.7 Å². The van der Waals surface area contributed by atoms with Gasteiger partial charge in [-0.25, -0.2) is 13.4 Å². The van der Waals surface area contributed by atoms with Gasteiger partial charge in [-0.1, -0.05) is 18.2 Å². The monoisotopic (exact) mass is 373 g/mol. The van der Waals surface area contributed by atoms with Crippen LogP contribution in [0.3, 0.4) is 0 Å². The number of hydrogen-bond donors (Lipinski definition) is 0. The largest absolute Gasteiger partial charge is 0.370 e. The number of para-hydroxylation sites is 1. The van der Waals surface area contributed by atoms with Gasteiger partial charge in [-0.2, -0.15) is 0 Å². The maximum Gasteiger partial charge on any atom is 0.200 e. The molecular formula is C20H27N3O2S. The van der Waals surface area contributed by atoms with E-state index in [1.807, 2.05) is 12.1 Å². The van der Waals surface area contributed by atoms with E-state index in [9.17, 15) is 8.42 Å². The maximum absolute atomic E-state index is 12.5. The third-order valence-corrected chi connectivity index (χ3v) is 7.19.